The van der Waals surface area contributed by atoms with Gasteiger partial charge in [0.1, 0.15) is 0 Å². The van der Waals surface area contributed by atoms with E-state index in [1.807, 2.05) is 12.1 Å². The molecule has 1 aliphatic heterocycles. The molecule has 0 unspecified atom stereocenters. The summed E-state index contributed by atoms with van der Waals surface area (Å²) >= 11 is 0. The predicted molar refractivity (Wildman–Crippen MR) is 91.1 cm³/mol. The molecule has 5 nitrogen and oxygen atoms in total. The molecule has 1 aromatic carbocycles. The Kier molecular flexibility index (Phi) is 6.18. The molecule has 6 heteroatoms. The average molecular weight is 338 g/mol. The van der Waals surface area contributed by atoms with Crippen molar-refractivity contribution >= 4 is 16.2 Å². The van der Waals surface area contributed by atoms with Crippen LogP contribution in [0.15, 0.2) is 29.2 Å². The van der Waals surface area contributed by atoms with Crippen LogP contribution in [0, 0.1) is 5.41 Å². The van der Waals surface area contributed by atoms with Crippen LogP contribution in [-0.2, 0) is 21.1 Å². The first-order valence-electron chi connectivity index (χ1n) is 8.12. The third-order valence-electron chi connectivity index (χ3n) is 4.84. The molecular formula is C17H26N2O3S. The van der Waals surface area contributed by atoms with Crippen LogP contribution in [0.1, 0.15) is 31.2 Å². The van der Waals surface area contributed by atoms with E-state index in [-0.39, 0.29) is 5.41 Å². The minimum Gasteiger partial charge on any atom is -0.359 e. The van der Waals surface area contributed by atoms with Crippen molar-refractivity contribution in [2.75, 3.05) is 25.9 Å². The summed E-state index contributed by atoms with van der Waals surface area (Å²) in [5, 5.41) is 6.17. The largest absolute Gasteiger partial charge is 0.359 e. The molecule has 23 heavy (non-hydrogen) atoms. The van der Waals surface area contributed by atoms with Crippen LogP contribution in [0.3, 0.4) is 0 Å². The molecule has 0 bridgehead atoms. The van der Waals surface area contributed by atoms with Crippen LogP contribution in [0.2, 0.25) is 0 Å². The molecule has 1 fully saturated rings. The van der Waals surface area contributed by atoms with Crippen molar-refractivity contribution in [3.8, 4) is 0 Å². The molecule has 0 atom stereocenters. The quantitative estimate of drug-likeness (QED) is 0.557. The number of rotatable bonds is 8. The lowest BCUT2D eigenvalue weighted by molar-refractivity contribution is -0.109. The van der Waals surface area contributed by atoms with Gasteiger partial charge in [-0.1, -0.05) is 12.1 Å². The lowest BCUT2D eigenvalue weighted by Crippen LogP contribution is -2.39. The van der Waals surface area contributed by atoms with Crippen molar-refractivity contribution in [3.05, 3.63) is 29.8 Å². The number of hydrogen-bond donors (Lipinski definition) is 2. The van der Waals surface area contributed by atoms with Gasteiger partial charge in [0.2, 0.25) is 6.41 Å². The van der Waals surface area contributed by atoms with Gasteiger partial charge in [-0.25, -0.2) is 8.42 Å². The molecule has 2 N–H and O–H groups in total. The molecular weight excluding hydrogens is 312 g/mol. The van der Waals surface area contributed by atoms with Gasteiger partial charge in [0, 0.05) is 12.8 Å². The van der Waals surface area contributed by atoms with Crippen LogP contribution in [0.5, 0.6) is 0 Å². The molecule has 2 rings (SSSR count). The molecule has 1 aromatic rings. The summed E-state index contributed by atoms with van der Waals surface area (Å²) in [6, 6.07) is 7.20. The molecule has 0 radical (unpaired) electrons. The van der Waals surface area contributed by atoms with Crippen molar-refractivity contribution in [2.45, 2.75) is 37.0 Å². The van der Waals surface area contributed by atoms with E-state index in [0.29, 0.717) is 4.90 Å². The molecule has 1 saturated heterocycles. The lowest BCUT2D eigenvalue weighted by Gasteiger charge is -2.38. The number of piperidine rings is 1. The van der Waals surface area contributed by atoms with Gasteiger partial charge in [0.05, 0.1) is 4.90 Å². The Bertz CT molecular complexity index is 605. The molecule has 0 aromatic heterocycles. The van der Waals surface area contributed by atoms with E-state index in [2.05, 4.69) is 10.6 Å². The van der Waals surface area contributed by atoms with Crippen LogP contribution >= 0.6 is 0 Å². The third-order valence-corrected chi connectivity index (χ3v) is 5.97. The van der Waals surface area contributed by atoms with E-state index >= 15 is 0 Å². The van der Waals surface area contributed by atoms with Crippen LogP contribution in [-0.4, -0.2) is 40.7 Å². The number of nitrogens with one attached hydrogen (secondary N) is 2. The van der Waals surface area contributed by atoms with Gasteiger partial charge in [-0.15, -0.1) is 0 Å². The van der Waals surface area contributed by atoms with Crippen molar-refractivity contribution < 1.29 is 13.2 Å². The Morgan fingerprint density at radius 2 is 1.83 bits per heavy atom. The summed E-state index contributed by atoms with van der Waals surface area (Å²) in [5.74, 6) is 0. The monoisotopic (exact) mass is 338 g/mol. The van der Waals surface area contributed by atoms with Gasteiger partial charge < -0.3 is 10.6 Å². The minimum atomic E-state index is -3.13. The maximum absolute atomic E-state index is 11.5. The Morgan fingerprint density at radius 3 is 2.39 bits per heavy atom. The van der Waals surface area contributed by atoms with Crippen LogP contribution < -0.4 is 10.6 Å². The van der Waals surface area contributed by atoms with Crippen molar-refractivity contribution in [1.29, 1.82) is 0 Å². The summed E-state index contributed by atoms with van der Waals surface area (Å²) in [7, 11) is -3.13. The Balaban J connectivity index is 1.98. The first-order valence-corrected chi connectivity index (χ1v) is 10.0. The number of benzene rings is 1. The van der Waals surface area contributed by atoms with E-state index in [1.54, 1.807) is 12.1 Å². The van der Waals surface area contributed by atoms with Crippen molar-refractivity contribution in [2.24, 2.45) is 5.41 Å². The second-order valence-electron chi connectivity index (χ2n) is 6.49. The SMILES string of the molecule is CS(=O)(=O)c1ccc(CCC2(CCNC=O)CCNCC2)cc1. The normalized spacial score (nSPS) is 17.6. The van der Waals surface area contributed by atoms with E-state index in [9.17, 15) is 13.2 Å². The number of carbonyl (C=O) groups excluding carboxylic acids is 1. The summed E-state index contributed by atoms with van der Waals surface area (Å²) in [6.07, 6.45) is 7.22. The van der Waals surface area contributed by atoms with Crippen molar-refractivity contribution in [3.63, 3.8) is 0 Å². The Labute approximate surface area is 138 Å². The topological polar surface area (TPSA) is 75.3 Å². The van der Waals surface area contributed by atoms with Crippen LogP contribution in [0.25, 0.3) is 0 Å². The molecule has 128 valence electrons. The highest BCUT2D eigenvalue weighted by molar-refractivity contribution is 7.90. The number of hydrogen-bond acceptors (Lipinski definition) is 4. The molecule has 1 aliphatic rings. The fourth-order valence-corrected chi connectivity index (χ4v) is 3.92. The number of sulfone groups is 1. The second-order valence-corrected chi connectivity index (χ2v) is 8.50. The van der Waals surface area contributed by atoms with Gasteiger partial charge in [-0.05, 0) is 68.3 Å². The highest BCUT2D eigenvalue weighted by Crippen LogP contribution is 2.37. The van der Waals surface area contributed by atoms with Gasteiger partial charge in [-0.2, -0.15) is 0 Å². The van der Waals surface area contributed by atoms with E-state index in [1.165, 1.54) is 11.8 Å². The Hall–Kier alpha value is -1.40. The molecule has 1 heterocycles. The molecule has 1 amide bonds. The highest BCUT2D eigenvalue weighted by Gasteiger charge is 2.31. The second kappa shape index (κ2) is 7.93. The van der Waals surface area contributed by atoms with E-state index in [0.717, 1.165) is 58.1 Å². The summed E-state index contributed by atoms with van der Waals surface area (Å²) < 4.78 is 23.0. The predicted octanol–water partition coefficient (Wildman–Crippen LogP) is 1.53. The molecule has 0 spiro atoms. The average Bonchev–Trinajstić information content (AvgIpc) is 2.54. The summed E-state index contributed by atoms with van der Waals surface area (Å²) in [5.41, 5.74) is 1.43. The lowest BCUT2D eigenvalue weighted by atomic mass is 9.72. The van der Waals surface area contributed by atoms with Gasteiger partial charge in [0.25, 0.3) is 0 Å². The fourth-order valence-electron chi connectivity index (χ4n) is 3.29. The zero-order valence-electron chi connectivity index (χ0n) is 13.7. The van der Waals surface area contributed by atoms with Crippen LogP contribution in [0.4, 0.5) is 0 Å². The third kappa shape index (κ3) is 5.32. The summed E-state index contributed by atoms with van der Waals surface area (Å²) in [4.78, 5) is 10.8. The van der Waals surface area contributed by atoms with Gasteiger partial charge >= 0.3 is 0 Å². The molecule has 0 saturated carbocycles. The Morgan fingerprint density at radius 1 is 1.17 bits per heavy atom. The van der Waals surface area contributed by atoms with Gasteiger partial charge in [-0.3, -0.25) is 4.79 Å². The van der Waals surface area contributed by atoms with Gasteiger partial charge in [0.15, 0.2) is 9.84 Å². The summed E-state index contributed by atoms with van der Waals surface area (Å²) in [6.45, 7) is 2.76. The van der Waals surface area contributed by atoms with Crippen molar-refractivity contribution in [1.82, 2.24) is 10.6 Å². The fraction of sp³-hybridized carbons (Fsp3) is 0.588. The smallest absolute Gasteiger partial charge is 0.207 e. The first-order chi connectivity index (χ1) is 11.0. The van der Waals surface area contributed by atoms with E-state index in [4.69, 9.17) is 0 Å². The zero-order valence-corrected chi connectivity index (χ0v) is 14.5. The number of amides is 1. The van der Waals surface area contributed by atoms with E-state index < -0.39 is 9.84 Å². The number of carbonyl (C=O) groups is 1. The maximum Gasteiger partial charge on any atom is 0.207 e. The number of aryl methyl sites for hydroxylation is 1. The molecule has 0 aliphatic carbocycles. The standard InChI is InChI=1S/C17H26N2O3S/c1-23(21,22)16-4-2-15(3-5-16)6-7-17(10-13-19-14-20)8-11-18-12-9-17/h2-5,14,18H,6-13H2,1H3,(H,19,20). The first kappa shape index (κ1) is 17.9. The maximum atomic E-state index is 11.5. The zero-order chi connectivity index (χ0) is 16.8. The highest BCUT2D eigenvalue weighted by atomic mass is 32.2. The minimum absolute atomic E-state index is 0.261.